The largest absolute Gasteiger partial charge is 0.477 e. The quantitative estimate of drug-likeness (QED) is 0.907. The highest BCUT2D eigenvalue weighted by Crippen LogP contribution is 2.26. The lowest BCUT2D eigenvalue weighted by Crippen LogP contribution is -2.19. The average Bonchev–Trinajstić information content (AvgIpc) is 2.74. The van der Waals surface area contributed by atoms with E-state index in [4.69, 9.17) is 22.4 Å². The number of carbonyl (C=O) groups is 1. The summed E-state index contributed by atoms with van der Waals surface area (Å²) in [5.74, 6) is -0.627. The number of thiophene rings is 1. The van der Waals surface area contributed by atoms with Gasteiger partial charge in [0.1, 0.15) is 0 Å². The first-order valence-corrected chi connectivity index (χ1v) is 6.62. The van der Waals surface area contributed by atoms with Gasteiger partial charge in [-0.1, -0.05) is 11.6 Å². The number of hydrogen-bond acceptors (Lipinski definition) is 5. The Morgan fingerprint density at radius 2 is 2.21 bits per heavy atom. The second kappa shape index (κ2) is 5.46. The van der Waals surface area contributed by atoms with Crippen molar-refractivity contribution >= 4 is 40.4 Å². The van der Waals surface area contributed by atoms with Gasteiger partial charge >= 0.3 is 5.97 Å². The number of anilines is 2. The predicted molar refractivity (Wildman–Crippen MR) is 77.0 cm³/mol. The zero-order valence-corrected chi connectivity index (χ0v) is 11.7. The summed E-state index contributed by atoms with van der Waals surface area (Å²) in [7, 11) is 1.80. The van der Waals surface area contributed by atoms with Crippen LogP contribution in [0.3, 0.4) is 0 Å². The van der Waals surface area contributed by atoms with Crippen LogP contribution in [0.25, 0.3) is 0 Å². The van der Waals surface area contributed by atoms with Gasteiger partial charge in [0, 0.05) is 11.9 Å². The molecule has 2 aromatic rings. The number of nitrogens with two attached hydrogens (primary N) is 1. The number of aromatic nitrogens is 1. The molecular formula is C12H12ClN3O2S. The summed E-state index contributed by atoms with van der Waals surface area (Å²) >= 11 is 7.34. The Hall–Kier alpha value is -1.79. The average molecular weight is 298 g/mol. The normalized spacial score (nSPS) is 10.4. The molecule has 0 unspecified atom stereocenters. The fourth-order valence-electron chi connectivity index (χ4n) is 1.63. The molecule has 0 bridgehead atoms. The number of hydrogen-bond donors (Lipinski definition) is 2. The Bertz CT molecular complexity index is 615. The first-order chi connectivity index (χ1) is 8.97. The first kappa shape index (κ1) is 13.6. The molecule has 2 aromatic heterocycles. The molecule has 0 spiro atoms. The van der Waals surface area contributed by atoms with Crippen molar-refractivity contribution in [2.45, 2.75) is 6.54 Å². The highest BCUT2D eigenvalue weighted by Gasteiger charge is 2.13. The summed E-state index contributed by atoms with van der Waals surface area (Å²) in [6.45, 7) is 0.567. The van der Waals surface area contributed by atoms with E-state index < -0.39 is 5.97 Å². The van der Waals surface area contributed by atoms with E-state index in [-0.39, 0.29) is 5.69 Å². The van der Waals surface area contributed by atoms with Crippen molar-refractivity contribution in [1.82, 2.24) is 4.98 Å². The summed E-state index contributed by atoms with van der Waals surface area (Å²) in [4.78, 5) is 17.8. The number of halogens is 1. The van der Waals surface area contributed by atoms with E-state index in [0.29, 0.717) is 22.4 Å². The summed E-state index contributed by atoms with van der Waals surface area (Å²) in [6.07, 6.45) is 0. The Morgan fingerprint density at radius 1 is 1.47 bits per heavy atom. The summed E-state index contributed by atoms with van der Waals surface area (Å²) < 4.78 is 0.712. The maximum Gasteiger partial charge on any atom is 0.354 e. The molecule has 3 N–H and O–H groups in total. The van der Waals surface area contributed by atoms with Gasteiger partial charge in [-0.3, -0.25) is 0 Å². The van der Waals surface area contributed by atoms with Crippen molar-refractivity contribution in [2.75, 3.05) is 17.7 Å². The fraction of sp³-hybridized carbons (Fsp3) is 0.167. The number of carboxylic acids is 1. The maximum atomic E-state index is 10.9. The van der Waals surface area contributed by atoms with Gasteiger partial charge in [0.2, 0.25) is 0 Å². The SMILES string of the molecule is CN(Cc1ccc(Cl)s1)c1nc(C(=O)O)ccc1N. The molecule has 0 aliphatic heterocycles. The minimum absolute atomic E-state index is 0.0275. The second-order valence-corrected chi connectivity index (χ2v) is 5.78. The maximum absolute atomic E-state index is 10.9. The van der Waals surface area contributed by atoms with Crippen LogP contribution in [0.1, 0.15) is 15.4 Å². The molecule has 2 rings (SSSR count). The van der Waals surface area contributed by atoms with E-state index in [1.165, 1.54) is 17.4 Å². The third kappa shape index (κ3) is 3.15. The van der Waals surface area contributed by atoms with Crippen molar-refractivity contribution in [3.63, 3.8) is 0 Å². The van der Waals surface area contributed by atoms with Gasteiger partial charge in [0.25, 0.3) is 0 Å². The van der Waals surface area contributed by atoms with E-state index >= 15 is 0 Å². The highest BCUT2D eigenvalue weighted by molar-refractivity contribution is 7.16. The third-order valence-corrected chi connectivity index (χ3v) is 3.72. The van der Waals surface area contributed by atoms with Gasteiger partial charge in [-0.15, -0.1) is 11.3 Å². The minimum Gasteiger partial charge on any atom is -0.477 e. The standard InChI is InChI=1S/C12H12ClN3O2S/c1-16(6-7-2-5-10(13)19-7)11-8(14)3-4-9(15-11)12(17)18/h2-5H,6,14H2,1H3,(H,17,18). The molecular weight excluding hydrogens is 286 g/mol. The van der Waals surface area contributed by atoms with E-state index in [0.717, 1.165) is 4.88 Å². The van der Waals surface area contributed by atoms with Gasteiger partial charge < -0.3 is 15.7 Å². The predicted octanol–water partition coefficient (Wildman–Crippen LogP) is 2.71. The van der Waals surface area contributed by atoms with E-state index in [1.807, 2.05) is 12.1 Å². The van der Waals surface area contributed by atoms with Crippen molar-refractivity contribution in [1.29, 1.82) is 0 Å². The van der Waals surface area contributed by atoms with Gasteiger partial charge in [0.15, 0.2) is 11.5 Å². The molecule has 19 heavy (non-hydrogen) atoms. The molecule has 100 valence electrons. The fourth-order valence-corrected chi connectivity index (χ4v) is 2.77. The van der Waals surface area contributed by atoms with Gasteiger partial charge in [0.05, 0.1) is 16.6 Å². The molecule has 0 radical (unpaired) electrons. The van der Waals surface area contributed by atoms with Crippen LogP contribution in [-0.2, 0) is 6.54 Å². The van der Waals surface area contributed by atoms with Crippen LogP contribution in [0.4, 0.5) is 11.5 Å². The number of nitrogens with zero attached hydrogens (tertiary/aromatic N) is 2. The van der Waals surface area contributed by atoms with Crippen LogP contribution < -0.4 is 10.6 Å². The van der Waals surface area contributed by atoms with Gasteiger partial charge in [-0.25, -0.2) is 9.78 Å². The molecule has 0 fully saturated rings. The number of aromatic carboxylic acids is 1. The van der Waals surface area contributed by atoms with E-state index in [9.17, 15) is 4.79 Å². The van der Waals surface area contributed by atoms with Crippen LogP contribution >= 0.6 is 22.9 Å². The van der Waals surface area contributed by atoms with Gasteiger partial charge in [-0.05, 0) is 24.3 Å². The molecule has 0 saturated heterocycles. The molecule has 0 aliphatic rings. The third-order valence-electron chi connectivity index (χ3n) is 2.51. The lowest BCUT2D eigenvalue weighted by atomic mass is 10.3. The monoisotopic (exact) mass is 297 g/mol. The lowest BCUT2D eigenvalue weighted by Gasteiger charge is -2.19. The Morgan fingerprint density at radius 3 is 2.79 bits per heavy atom. The Labute approximate surface area is 119 Å². The second-order valence-electron chi connectivity index (χ2n) is 3.98. The molecule has 0 atom stereocenters. The number of nitrogen functional groups attached to an aromatic ring is 1. The van der Waals surface area contributed by atoms with Crippen LogP contribution in [0.5, 0.6) is 0 Å². The molecule has 0 aliphatic carbocycles. The van der Waals surface area contributed by atoms with Crippen molar-refractivity contribution in [3.05, 3.63) is 39.2 Å². The zero-order chi connectivity index (χ0) is 14.0. The molecule has 0 amide bonds. The van der Waals surface area contributed by atoms with Crippen molar-refractivity contribution < 1.29 is 9.90 Å². The van der Waals surface area contributed by atoms with Gasteiger partial charge in [-0.2, -0.15) is 0 Å². The first-order valence-electron chi connectivity index (χ1n) is 5.42. The molecule has 2 heterocycles. The van der Waals surface area contributed by atoms with Crippen LogP contribution in [0.15, 0.2) is 24.3 Å². The van der Waals surface area contributed by atoms with Crippen molar-refractivity contribution in [2.24, 2.45) is 0 Å². The van der Waals surface area contributed by atoms with Crippen LogP contribution in [-0.4, -0.2) is 23.1 Å². The van der Waals surface area contributed by atoms with Crippen molar-refractivity contribution in [3.8, 4) is 0 Å². The molecule has 0 saturated carbocycles. The topological polar surface area (TPSA) is 79.5 Å². The summed E-state index contributed by atoms with van der Waals surface area (Å²) in [5.41, 5.74) is 6.24. The summed E-state index contributed by atoms with van der Waals surface area (Å²) in [6, 6.07) is 6.67. The number of pyridine rings is 1. The van der Waals surface area contributed by atoms with Crippen LogP contribution in [0, 0.1) is 0 Å². The Kier molecular flexibility index (Phi) is 3.92. The lowest BCUT2D eigenvalue weighted by molar-refractivity contribution is 0.0690. The molecule has 5 nitrogen and oxygen atoms in total. The minimum atomic E-state index is -1.08. The van der Waals surface area contributed by atoms with Crippen LogP contribution in [0.2, 0.25) is 4.34 Å². The number of carboxylic acid groups (broad SMARTS) is 1. The molecule has 7 heteroatoms. The zero-order valence-electron chi connectivity index (χ0n) is 10.1. The summed E-state index contributed by atoms with van der Waals surface area (Å²) in [5, 5.41) is 8.94. The number of rotatable bonds is 4. The Balaban J connectivity index is 2.25. The highest BCUT2D eigenvalue weighted by atomic mass is 35.5. The van der Waals surface area contributed by atoms with E-state index in [1.54, 1.807) is 18.0 Å². The molecule has 0 aromatic carbocycles. The smallest absolute Gasteiger partial charge is 0.354 e. The van der Waals surface area contributed by atoms with E-state index in [2.05, 4.69) is 4.98 Å².